The first-order chi connectivity index (χ1) is 7.40. The van der Waals surface area contributed by atoms with Gasteiger partial charge in [0.05, 0.1) is 12.0 Å². The summed E-state index contributed by atoms with van der Waals surface area (Å²) in [6.07, 6.45) is 7.33. The molecule has 0 radical (unpaired) electrons. The van der Waals surface area contributed by atoms with Crippen LogP contribution in [0.2, 0.25) is 0 Å². The van der Waals surface area contributed by atoms with Crippen LogP contribution in [0.4, 0.5) is 0 Å². The molecule has 1 aliphatic carbocycles. The van der Waals surface area contributed by atoms with Crippen LogP contribution in [0.5, 0.6) is 0 Å². The molecular weight excluding hydrogens is 208 g/mol. The fraction of sp³-hybridized carbons (Fsp3) is 0.700. The minimum atomic E-state index is 0.169. The second-order valence-electron chi connectivity index (χ2n) is 3.82. The summed E-state index contributed by atoms with van der Waals surface area (Å²) in [5.41, 5.74) is 0. The number of nitrogens with zero attached hydrogens (tertiary/aromatic N) is 3. The molecule has 80 valence electrons. The van der Waals surface area contributed by atoms with Gasteiger partial charge in [-0.05, 0) is 12.8 Å². The number of rotatable bonds is 2. The molecule has 2 unspecified atom stereocenters. The molecule has 0 aromatic carbocycles. The Morgan fingerprint density at radius 3 is 3.00 bits per heavy atom. The Morgan fingerprint density at radius 1 is 1.40 bits per heavy atom. The van der Waals surface area contributed by atoms with Gasteiger partial charge in [0.25, 0.3) is 0 Å². The number of hydrogen-bond acceptors (Lipinski definition) is 4. The summed E-state index contributed by atoms with van der Waals surface area (Å²) >= 11 is 1.67. The molecule has 2 rings (SSSR count). The van der Waals surface area contributed by atoms with Crippen molar-refractivity contribution >= 4 is 11.8 Å². The predicted octanol–water partition coefficient (Wildman–Crippen LogP) is 2.37. The molecule has 0 bridgehead atoms. The summed E-state index contributed by atoms with van der Waals surface area (Å²) < 4.78 is 0. The lowest BCUT2D eigenvalue weighted by Gasteiger charge is -2.16. The first-order valence-corrected chi connectivity index (χ1v) is 6.20. The van der Waals surface area contributed by atoms with E-state index in [1.165, 1.54) is 25.6 Å². The molecular formula is C10H14N4S. The Morgan fingerprint density at radius 2 is 2.27 bits per heavy atom. The molecule has 1 saturated carbocycles. The van der Waals surface area contributed by atoms with Crippen molar-refractivity contribution < 1.29 is 0 Å². The Bertz CT molecular complexity index is 330. The van der Waals surface area contributed by atoms with E-state index in [9.17, 15) is 0 Å². The molecule has 1 heterocycles. The van der Waals surface area contributed by atoms with Crippen LogP contribution in [0.15, 0.2) is 11.5 Å². The van der Waals surface area contributed by atoms with Gasteiger partial charge in [0.2, 0.25) is 0 Å². The van der Waals surface area contributed by atoms with Gasteiger partial charge in [0.15, 0.2) is 5.16 Å². The van der Waals surface area contributed by atoms with Gasteiger partial charge in [-0.1, -0.05) is 31.0 Å². The number of aromatic amines is 1. The third-order valence-corrected chi connectivity index (χ3v) is 4.06. The smallest absolute Gasteiger partial charge is 0.183 e. The van der Waals surface area contributed by atoms with Crippen molar-refractivity contribution in [3.8, 4) is 6.07 Å². The Balaban J connectivity index is 2.01. The molecule has 0 aliphatic heterocycles. The van der Waals surface area contributed by atoms with Crippen molar-refractivity contribution in [2.24, 2.45) is 5.92 Å². The summed E-state index contributed by atoms with van der Waals surface area (Å²) in [5, 5.41) is 17.0. The molecule has 1 aromatic heterocycles. The lowest BCUT2D eigenvalue weighted by atomic mass is 10.0. The monoisotopic (exact) mass is 222 g/mol. The minimum absolute atomic E-state index is 0.169. The maximum Gasteiger partial charge on any atom is 0.183 e. The molecule has 1 fully saturated rings. The number of thioether (sulfide) groups is 1. The van der Waals surface area contributed by atoms with E-state index in [-0.39, 0.29) is 5.92 Å². The Kier molecular flexibility index (Phi) is 3.62. The topological polar surface area (TPSA) is 65.4 Å². The molecule has 15 heavy (non-hydrogen) atoms. The van der Waals surface area contributed by atoms with Crippen LogP contribution in [0.1, 0.15) is 32.1 Å². The van der Waals surface area contributed by atoms with Gasteiger partial charge >= 0.3 is 0 Å². The molecule has 1 aliphatic rings. The Labute approximate surface area is 93.5 Å². The normalized spacial score (nSPS) is 26.9. The highest BCUT2D eigenvalue weighted by atomic mass is 32.2. The Hall–Kier alpha value is -1.02. The lowest BCUT2D eigenvalue weighted by Crippen LogP contribution is -2.14. The van der Waals surface area contributed by atoms with Crippen LogP contribution >= 0.6 is 11.8 Å². The predicted molar refractivity (Wildman–Crippen MR) is 58.2 cm³/mol. The maximum absolute atomic E-state index is 9.11. The highest BCUT2D eigenvalue weighted by molar-refractivity contribution is 7.99. The molecule has 1 N–H and O–H groups in total. The van der Waals surface area contributed by atoms with Crippen molar-refractivity contribution in [1.29, 1.82) is 5.26 Å². The molecule has 2 atom stereocenters. The number of H-pyrrole nitrogens is 1. The van der Waals surface area contributed by atoms with Crippen molar-refractivity contribution in [2.75, 3.05) is 0 Å². The van der Waals surface area contributed by atoms with E-state index in [0.29, 0.717) is 5.25 Å². The van der Waals surface area contributed by atoms with E-state index in [1.807, 2.05) is 0 Å². The SMILES string of the molecule is N#CC1CCCCCC1Sc1ncn[nH]1. The van der Waals surface area contributed by atoms with Crippen molar-refractivity contribution in [1.82, 2.24) is 15.2 Å². The molecule has 1 aromatic rings. The second-order valence-corrected chi connectivity index (χ2v) is 5.05. The summed E-state index contributed by atoms with van der Waals surface area (Å²) in [5.74, 6) is 0.169. The van der Waals surface area contributed by atoms with Gasteiger partial charge < -0.3 is 0 Å². The van der Waals surface area contributed by atoms with Crippen molar-refractivity contribution in [2.45, 2.75) is 42.5 Å². The molecule has 0 spiro atoms. The molecule has 5 heteroatoms. The zero-order valence-corrected chi connectivity index (χ0v) is 9.33. The fourth-order valence-corrected chi connectivity index (χ4v) is 3.10. The average molecular weight is 222 g/mol. The minimum Gasteiger partial charge on any atom is -0.254 e. The van der Waals surface area contributed by atoms with E-state index in [4.69, 9.17) is 5.26 Å². The van der Waals surface area contributed by atoms with Crippen LogP contribution in [-0.4, -0.2) is 20.4 Å². The third kappa shape index (κ3) is 2.72. The molecule has 4 nitrogen and oxygen atoms in total. The molecule has 0 saturated heterocycles. The third-order valence-electron chi connectivity index (χ3n) is 2.77. The van der Waals surface area contributed by atoms with Gasteiger partial charge in [0.1, 0.15) is 6.33 Å². The average Bonchev–Trinajstić information content (AvgIpc) is 2.64. The fourth-order valence-electron chi connectivity index (χ4n) is 1.96. The van der Waals surface area contributed by atoms with E-state index in [1.54, 1.807) is 11.8 Å². The van der Waals surface area contributed by atoms with Gasteiger partial charge in [-0.25, -0.2) is 4.98 Å². The van der Waals surface area contributed by atoms with Gasteiger partial charge in [-0.2, -0.15) is 10.4 Å². The standard InChI is InChI=1S/C10H14N4S/c11-6-8-4-2-1-3-5-9(8)15-10-12-7-13-14-10/h7-9H,1-5H2,(H,12,13,14). The first-order valence-electron chi connectivity index (χ1n) is 5.32. The zero-order valence-electron chi connectivity index (χ0n) is 8.52. The van der Waals surface area contributed by atoms with Crippen LogP contribution in [0.25, 0.3) is 0 Å². The van der Waals surface area contributed by atoms with Crippen LogP contribution in [0.3, 0.4) is 0 Å². The zero-order chi connectivity index (χ0) is 10.5. The first kappa shape index (κ1) is 10.5. The summed E-state index contributed by atoms with van der Waals surface area (Å²) in [4.78, 5) is 4.10. The summed E-state index contributed by atoms with van der Waals surface area (Å²) in [6, 6.07) is 2.42. The summed E-state index contributed by atoms with van der Waals surface area (Å²) in [7, 11) is 0. The number of nitriles is 1. The van der Waals surface area contributed by atoms with E-state index in [2.05, 4.69) is 21.3 Å². The van der Waals surface area contributed by atoms with E-state index >= 15 is 0 Å². The lowest BCUT2D eigenvalue weighted by molar-refractivity contribution is 0.584. The largest absolute Gasteiger partial charge is 0.254 e. The van der Waals surface area contributed by atoms with Crippen LogP contribution in [-0.2, 0) is 0 Å². The highest BCUT2D eigenvalue weighted by Gasteiger charge is 2.25. The van der Waals surface area contributed by atoms with Gasteiger partial charge in [-0.15, -0.1) is 0 Å². The quantitative estimate of drug-likeness (QED) is 0.780. The highest BCUT2D eigenvalue weighted by Crippen LogP contribution is 2.34. The van der Waals surface area contributed by atoms with Crippen molar-refractivity contribution in [3.05, 3.63) is 6.33 Å². The maximum atomic E-state index is 9.11. The van der Waals surface area contributed by atoms with Crippen LogP contribution < -0.4 is 0 Å². The van der Waals surface area contributed by atoms with Crippen molar-refractivity contribution in [3.63, 3.8) is 0 Å². The second kappa shape index (κ2) is 5.17. The van der Waals surface area contributed by atoms with E-state index < -0.39 is 0 Å². The number of nitrogens with one attached hydrogen (secondary N) is 1. The number of aromatic nitrogens is 3. The summed E-state index contributed by atoms with van der Waals surface area (Å²) in [6.45, 7) is 0. The number of hydrogen-bond donors (Lipinski definition) is 1. The molecule has 0 amide bonds. The van der Waals surface area contributed by atoms with Gasteiger partial charge in [0, 0.05) is 5.25 Å². The van der Waals surface area contributed by atoms with E-state index in [0.717, 1.165) is 18.0 Å². The van der Waals surface area contributed by atoms with Gasteiger partial charge in [-0.3, -0.25) is 5.10 Å². The van der Waals surface area contributed by atoms with Crippen LogP contribution in [0, 0.1) is 17.2 Å².